The summed E-state index contributed by atoms with van der Waals surface area (Å²) in [6.07, 6.45) is 3.66. The number of carbonyl (C=O) groups excluding carboxylic acids is 1. The maximum absolute atomic E-state index is 12.1. The Balaban J connectivity index is 1.67. The fourth-order valence-corrected chi connectivity index (χ4v) is 2.24. The third kappa shape index (κ3) is 2.78. The van der Waals surface area contributed by atoms with E-state index < -0.39 is 0 Å². The van der Waals surface area contributed by atoms with Crippen molar-refractivity contribution in [3.8, 4) is 5.75 Å². The first-order valence-electron chi connectivity index (χ1n) is 6.94. The molecule has 0 aliphatic rings. The van der Waals surface area contributed by atoms with Crippen molar-refractivity contribution in [2.45, 2.75) is 6.42 Å². The molecule has 0 aliphatic heterocycles. The number of imidazole rings is 2. The Morgan fingerprint density at radius 3 is 3.00 bits per heavy atom. The maximum atomic E-state index is 12.1. The van der Waals surface area contributed by atoms with Crippen LogP contribution in [0.3, 0.4) is 0 Å². The Kier molecular flexibility index (Phi) is 3.78. The van der Waals surface area contributed by atoms with E-state index in [0.717, 1.165) is 22.6 Å². The van der Waals surface area contributed by atoms with Crippen LogP contribution in [-0.4, -0.2) is 51.4 Å². The number of benzene rings is 1. The van der Waals surface area contributed by atoms with Crippen molar-refractivity contribution >= 4 is 16.9 Å². The molecule has 0 bridgehead atoms. The predicted molar refractivity (Wildman–Crippen MR) is 81.9 cm³/mol. The van der Waals surface area contributed by atoms with E-state index >= 15 is 0 Å². The van der Waals surface area contributed by atoms with Crippen molar-refractivity contribution in [3.05, 3.63) is 42.2 Å². The molecule has 114 valence electrons. The Bertz CT molecular complexity index is 778. The van der Waals surface area contributed by atoms with Crippen LogP contribution in [0.25, 0.3) is 11.0 Å². The first kappa shape index (κ1) is 14.1. The van der Waals surface area contributed by atoms with Gasteiger partial charge in [-0.1, -0.05) is 0 Å². The number of fused-ring (bicyclic) bond motifs is 1. The number of rotatable bonds is 5. The number of hydrogen-bond donors (Lipinski definition) is 2. The Labute approximate surface area is 127 Å². The maximum Gasteiger partial charge on any atom is 0.271 e. The molecule has 22 heavy (non-hydrogen) atoms. The highest BCUT2D eigenvalue weighted by Crippen LogP contribution is 2.18. The van der Waals surface area contributed by atoms with Crippen molar-refractivity contribution in [1.82, 2.24) is 24.8 Å². The van der Waals surface area contributed by atoms with Gasteiger partial charge in [-0.3, -0.25) is 4.79 Å². The minimum atomic E-state index is -0.0877. The van der Waals surface area contributed by atoms with Gasteiger partial charge in [-0.25, -0.2) is 9.97 Å². The molecule has 0 fully saturated rings. The first-order chi connectivity index (χ1) is 10.7. The van der Waals surface area contributed by atoms with Crippen LogP contribution < -0.4 is 4.74 Å². The number of H-pyrrole nitrogens is 2. The molecule has 3 rings (SSSR count). The van der Waals surface area contributed by atoms with Gasteiger partial charge in [-0.15, -0.1) is 0 Å². The van der Waals surface area contributed by atoms with E-state index in [0.29, 0.717) is 18.7 Å². The van der Waals surface area contributed by atoms with Crippen molar-refractivity contribution in [2.24, 2.45) is 0 Å². The molecule has 2 N–H and O–H groups in total. The van der Waals surface area contributed by atoms with Gasteiger partial charge in [0.15, 0.2) is 0 Å². The molecule has 0 saturated heterocycles. The smallest absolute Gasteiger partial charge is 0.271 e. The second-order valence-corrected chi connectivity index (χ2v) is 5.01. The van der Waals surface area contributed by atoms with Crippen LogP contribution in [0.5, 0.6) is 5.75 Å². The van der Waals surface area contributed by atoms with Crippen molar-refractivity contribution in [1.29, 1.82) is 0 Å². The summed E-state index contributed by atoms with van der Waals surface area (Å²) in [5, 5.41) is 0. The van der Waals surface area contributed by atoms with E-state index in [-0.39, 0.29) is 5.91 Å². The largest absolute Gasteiger partial charge is 0.497 e. The lowest BCUT2D eigenvalue weighted by atomic mass is 10.3. The highest BCUT2D eigenvalue weighted by atomic mass is 16.5. The van der Waals surface area contributed by atoms with Gasteiger partial charge in [0.2, 0.25) is 0 Å². The molecule has 1 aromatic carbocycles. The summed E-state index contributed by atoms with van der Waals surface area (Å²) in [7, 11) is 3.39. The second-order valence-electron chi connectivity index (χ2n) is 5.01. The quantitative estimate of drug-likeness (QED) is 0.749. The number of likely N-dealkylation sites (N-methyl/N-ethyl adjacent to an activating group) is 1. The van der Waals surface area contributed by atoms with Gasteiger partial charge in [0.25, 0.3) is 5.91 Å². The van der Waals surface area contributed by atoms with Crippen LogP contribution in [0.4, 0.5) is 0 Å². The van der Waals surface area contributed by atoms with E-state index in [9.17, 15) is 4.79 Å². The fourth-order valence-electron chi connectivity index (χ4n) is 2.24. The van der Waals surface area contributed by atoms with Gasteiger partial charge < -0.3 is 19.6 Å². The lowest BCUT2D eigenvalue weighted by molar-refractivity contribution is 0.0791. The number of amides is 1. The summed E-state index contributed by atoms with van der Waals surface area (Å²) in [4.78, 5) is 28.2. The summed E-state index contributed by atoms with van der Waals surface area (Å²) < 4.78 is 5.19. The normalized spacial score (nSPS) is 10.8. The zero-order valence-electron chi connectivity index (χ0n) is 12.5. The van der Waals surface area contributed by atoms with E-state index in [4.69, 9.17) is 4.74 Å². The summed E-state index contributed by atoms with van der Waals surface area (Å²) in [6.45, 7) is 0.564. The average molecular weight is 299 g/mol. The Morgan fingerprint density at radius 1 is 1.41 bits per heavy atom. The van der Waals surface area contributed by atoms with E-state index in [1.807, 2.05) is 18.2 Å². The van der Waals surface area contributed by atoms with E-state index in [1.165, 1.54) is 12.5 Å². The number of methoxy groups -OCH3 is 1. The molecule has 0 aliphatic carbocycles. The zero-order chi connectivity index (χ0) is 15.5. The molecule has 2 heterocycles. The number of carbonyl (C=O) groups is 1. The summed E-state index contributed by atoms with van der Waals surface area (Å²) in [6, 6.07) is 5.69. The highest BCUT2D eigenvalue weighted by molar-refractivity contribution is 5.91. The molecule has 3 aromatic rings. The van der Waals surface area contributed by atoms with Gasteiger partial charge in [-0.05, 0) is 12.1 Å². The molecule has 7 heteroatoms. The lowest BCUT2D eigenvalue weighted by Gasteiger charge is -2.14. The van der Waals surface area contributed by atoms with Gasteiger partial charge in [-0.2, -0.15) is 0 Å². The summed E-state index contributed by atoms with van der Waals surface area (Å²) in [5.41, 5.74) is 2.30. The van der Waals surface area contributed by atoms with Gasteiger partial charge in [0.05, 0.1) is 30.7 Å². The van der Waals surface area contributed by atoms with Crippen LogP contribution in [0.15, 0.2) is 30.7 Å². The number of nitrogens with zero attached hydrogens (tertiary/aromatic N) is 3. The second kappa shape index (κ2) is 5.88. The van der Waals surface area contributed by atoms with Crippen LogP contribution >= 0.6 is 0 Å². The first-order valence-corrected chi connectivity index (χ1v) is 6.94. The molecule has 0 radical (unpaired) electrons. The van der Waals surface area contributed by atoms with Crippen molar-refractivity contribution in [3.63, 3.8) is 0 Å². The number of aromatic nitrogens is 4. The fraction of sp³-hybridized carbons (Fsp3) is 0.267. The van der Waals surface area contributed by atoms with Gasteiger partial charge >= 0.3 is 0 Å². The molecule has 7 nitrogen and oxygen atoms in total. The number of hydrogen-bond acceptors (Lipinski definition) is 4. The molecule has 0 saturated carbocycles. The monoisotopic (exact) mass is 299 g/mol. The predicted octanol–water partition coefficient (Wildman–Crippen LogP) is 1.61. The van der Waals surface area contributed by atoms with Gasteiger partial charge in [0.1, 0.15) is 17.3 Å². The number of aromatic amines is 2. The summed E-state index contributed by atoms with van der Waals surface area (Å²) in [5.74, 6) is 1.54. The molecule has 0 atom stereocenters. The standard InChI is InChI=1S/C15H17N5O2/c1-20(15(21)13-8-16-9-17-13)6-5-14-18-11-4-3-10(22-2)7-12(11)19-14/h3-4,7-9H,5-6H2,1-2H3,(H,16,17)(H,18,19). The van der Waals surface area contributed by atoms with Gasteiger partial charge in [0, 0.05) is 26.1 Å². The molecule has 2 aromatic heterocycles. The summed E-state index contributed by atoms with van der Waals surface area (Å²) >= 11 is 0. The Hall–Kier alpha value is -2.83. The molecule has 1 amide bonds. The third-order valence-electron chi connectivity index (χ3n) is 3.50. The van der Waals surface area contributed by atoms with Crippen LogP contribution in [0.1, 0.15) is 16.3 Å². The van der Waals surface area contributed by atoms with Crippen LogP contribution in [-0.2, 0) is 6.42 Å². The Morgan fingerprint density at radius 2 is 2.27 bits per heavy atom. The van der Waals surface area contributed by atoms with Crippen LogP contribution in [0, 0.1) is 0 Å². The lowest BCUT2D eigenvalue weighted by Crippen LogP contribution is -2.29. The molecule has 0 unspecified atom stereocenters. The van der Waals surface area contributed by atoms with Crippen molar-refractivity contribution in [2.75, 3.05) is 20.7 Å². The number of ether oxygens (including phenoxy) is 1. The molecular formula is C15H17N5O2. The molecular weight excluding hydrogens is 282 g/mol. The zero-order valence-corrected chi connectivity index (χ0v) is 12.5. The van der Waals surface area contributed by atoms with E-state index in [2.05, 4.69) is 19.9 Å². The average Bonchev–Trinajstić information content (AvgIpc) is 3.19. The molecule has 0 spiro atoms. The SMILES string of the molecule is COc1ccc2nc(CCN(C)C(=O)c3cnc[nH]3)[nH]c2c1. The third-order valence-corrected chi connectivity index (χ3v) is 3.50. The van der Waals surface area contributed by atoms with E-state index in [1.54, 1.807) is 19.1 Å². The minimum absolute atomic E-state index is 0.0877. The number of nitrogens with one attached hydrogen (secondary N) is 2. The topological polar surface area (TPSA) is 86.9 Å². The minimum Gasteiger partial charge on any atom is -0.497 e. The van der Waals surface area contributed by atoms with Crippen molar-refractivity contribution < 1.29 is 9.53 Å². The highest BCUT2D eigenvalue weighted by Gasteiger charge is 2.13. The van der Waals surface area contributed by atoms with Crippen LogP contribution in [0.2, 0.25) is 0 Å².